The van der Waals surface area contributed by atoms with Crippen molar-refractivity contribution in [1.82, 2.24) is 0 Å². The van der Waals surface area contributed by atoms with Crippen LogP contribution >= 0.6 is 0 Å². The molecule has 0 N–H and O–H groups in total. The summed E-state index contributed by atoms with van der Waals surface area (Å²) in [6.07, 6.45) is 14.9. The SMILES string of the molecule is CC1=Cc2cc(C)c(C)c(CCC3C=CC=C3)c2C1. The lowest BCUT2D eigenvalue weighted by Gasteiger charge is -2.16. The van der Waals surface area contributed by atoms with Crippen LogP contribution in [0, 0.1) is 19.8 Å². The van der Waals surface area contributed by atoms with E-state index < -0.39 is 0 Å². The maximum absolute atomic E-state index is 2.36. The van der Waals surface area contributed by atoms with Crippen LogP contribution in [-0.2, 0) is 12.8 Å². The quantitative estimate of drug-likeness (QED) is 0.713. The first-order valence-corrected chi connectivity index (χ1v) is 7.29. The van der Waals surface area contributed by atoms with Crippen molar-refractivity contribution in [2.75, 3.05) is 0 Å². The summed E-state index contributed by atoms with van der Waals surface area (Å²) in [5.41, 5.74) is 9.11. The Bertz CT molecular complexity index is 585. The lowest BCUT2D eigenvalue weighted by Crippen LogP contribution is -2.03. The summed E-state index contributed by atoms with van der Waals surface area (Å²) < 4.78 is 0. The van der Waals surface area contributed by atoms with Crippen molar-refractivity contribution in [3.05, 3.63) is 63.8 Å². The van der Waals surface area contributed by atoms with Crippen molar-refractivity contribution in [3.8, 4) is 0 Å². The minimum Gasteiger partial charge on any atom is -0.0776 e. The van der Waals surface area contributed by atoms with E-state index in [1.54, 1.807) is 11.1 Å². The van der Waals surface area contributed by atoms with Gasteiger partial charge in [-0.15, -0.1) is 0 Å². The summed E-state index contributed by atoms with van der Waals surface area (Å²) in [4.78, 5) is 0. The van der Waals surface area contributed by atoms with Gasteiger partial charge in [-0.1, -0.05) is 42.0 Å². The molecular formula is C19H22. The van der Waals surface area contributed by atoms with Crippen molar-refractivity contribution in [3.63, 3.8) is 0 Å². The van der Waals surface area contributed by atoms with E-state index in [2.05, 4.69) is 57.2 Å². The third kappa shape index (κ3) is 2.32. The fourth-order valence-corrected chi connectivity index (χ4v) is 3.32. The number of rotatable bonds is 3. The summed E-state index contributed by atoms with van der Waals surface area (Å²) in [5.74, 6) is 0.644. The molecule has 3 rings (SSSR count). The Morgan fingerprint density at radius 3 is 2.58 bits per heavy atom. The Hall–Kier alpha value is -1.56. The smallest absolute Gasteiger partial charge is 0.00441 e. The molecule has 0 heterocycles. The van der Waals surface area contributed by atoms with Gasteiger partial charge in [0.15, 0.2) is 0 Å². The largest absolute Gasteiger partial charge is 0.0776 e. The topological polar surface area (TPSA) is 0 Å². The second-order valence-electron chi connectivity index (χ2n) is 6.00. The number of hydrogen-bond acceptors (Lipinski definition) is 0. The molecule has 2 aliphatic carbocycles. The van der Waals surface area contributed by atoms with Crippen molar-refractivity contribution < 1.29 is 0 Å². The fraction of sp³-hybridized carbons (Fsp3) is 0.368. The Morgan fingerprint density at radius 2 is 1.84 bits per heavy atom. The van der Waals surface area contributed by atoms with E-state index in [0.717, 1.165) is 6.42 Å². The molecule has 0 amide bonds. The van der Waals surface area contributed by atoms with Crippen LogP contribution in [0.5, 0.6) is 0 Å². The first-order chi connectivity index (χ1) is 9.15. The summed E-state index contributed by atoms with van der Waals surface area (Å²) in [7, 11) is 0. The van der Waals surface area contributed by atoms with Gasteiger partial charge in [-0.05, 0) is 73.8 Å². The van der Waals surface area contributed by atoms with Crippen molar-refractivity contribution in [1.29, 1.82) is 0 Å². The monoisotopic (exact) mass is 250 g/mol. The molecule has 0 aromatic heterocycles. The molecule has 98 valence electrons. The van der Waals surface area contributed by atoms with Gasteiger partial charge in [-0.2, -0.15) is 0 Å². The molecule has 1 aromatic rings. The van der Waals surface area contributed by atoms with E-state index in [9.17, 15) is 0 Å². The van der Waals surface area contributed by atoms with E-state index in [-0.39, 0.29) is 0 Å². The number of fused-ring (bicyclic) bond motifs is 1. The molecule has 0 radical (unpaired) electrons. The molecule has 0 unspecified atom stereocenters. The zero-order chi connectivity index (χ0) is 13.4. The zero-order valence-electron chi connectivity index (χ0n) is 12.2. The van der Waals surface area contributed by atoms with Crippen LogP contribution in [0.2, 0.25) is 0 Å². The summed E-state index contributed by atoms with van der Waals surface area (Å²) >= 11 is 0. The minimum absolute atomic E-state index is 0.644. The van der Waals surface area contributed by atoms with Crippen molar-refractivity contribution >= 4 is 6.08 Å². The lowest BCUT2D eigenvalue weighted by molar-refractivity contribution is 0.709. The number of aryl methyl sites for hydroxylation is 1. The molecule has 0 fully saturated rings. The normalized spacial score (nSPS) is 17.1. The van der Waals surface area contributed by atoms with Gasteiger partial charge >= 0.3 is 0 Å². The standard InChI is InChI=1S/C19H22/c1-13-10-17-12-14(2)15(3)18(19(17)11-13)9-8-16-6-4-5-7-16/h4-7,10,12,16H,8-9,11H2,1-3H3. The Balaban J connectivity index is 1.89. The van der Waals surface area contributed by atoms with E-state index in [1.807, 2.05) is 0 Å². The molecule has 0 saturated carbocycles. The van der Waals surface area contributed by atoms with Crippen LogP contribution in [0.15, 0.2) is 35.9 Å². The lowest BCUT2D eigenvalue weighted by atomic mass is 9.89. The van der Waals surface area contributed by atoms with E-state index in [4.69, 9.17) is 0 Å². The maximum Gasteiger partial charge on any atom is -0.00441 e. The molecule has 0 nitrogen and oxygen atoms in total. The molecule has 0 aliphatic heterocycles. The molecule has 0 atom stereocenters. The van der Waals surface area contributed by atoms with E-state index >= 15 is 0 Å². The van der Waals surface area contributed by atoms with Gasteiger partial charge < -0.3 is 0 Å². The van der Waals surface area contributed by atoms with Gasteiger partial charge in [0.2, 0.25) is 0 Å². The highest BCUT2D eigenvalue weighted by atomic mass is 14.2. The number of allylic oxidation sites excluding steroid dienone is 5. The Kier molecular flexibility index (Phi) is 3.18. The second-order valence-corrected chi connectivity index (χ2v) is 6.00. The molecule has 0 spiro atoms. The summed E-state index contributed by atoms with van der Waals surface area (Å²) in [6.45, 7) is 6.78. The predicted molar refractivity (Wildman–Crippen MR) is 83.4 cm³/mol. The molecule has 0 heteroatoms. The molecule has 0 bridgehead atoms. The van der Waals surface area contributed by atoms with E-state index in [1.165, 1.54) is 35.1 Å². The van der Waals surface area contributed by atoms with Crippen LogP contribution < -0.4 is 0 Å². The third-order valence-corrected chi connectivity index (χ3v) is 4.54. The molecule has 0 saturated heterocycles. The Morgan fingerprint density at radius 1 is 1.11 bits per heavy atom. The Labute approximate surface area is 116 Å². The highest BCUT2D eigenvalue weighted by Crippen LogP contribution is 2.33. The van der Waals surface area contributed by atoms with Crippen LogP contribution in [0.1, 0.15) is 41.2 Å². The van der Waals surface area contributed by atoms with Crippen LogP contribution in [0.3, 0.4) is 0 Å². The number of hydrogen-bond donors (Lipinski definition) is 0. The molecular weight excluding hydrogens is 228 g/mol. The zero-order valence-corrected chi connectivity index (χ0v) is 12.2. The molecule has 2 aliphatic rings. The first kappa shape index (κ1) is 12.5. The summed E-state index contributed by atoms with van der Waals surface area (Å²) in [6, 6.07) is 2.36. The third-order valence-electron chi connectivity index (χ3n) is 4.54. The van der Waals surface area contributed by atoms with Crippen LogP contribution in [-0.4, -0.2) is 0 Å². The second kappa shape index (κ2) is 4.85. The molecule has 1 aromatic carbocycles. The predicted octanol–water partition coefficient (Wildman–Crippen LogP) is 4.94. The molecule has 19 heavy (non-hydrogen) atoms. The minimum atomic E-state index is 0.644. The highest BCUT2D eigenvalue weighted by Gasteiger charge is 2.18. The van der Waals surface area contributed by atoms with Crippen molar-refractivity contribution in [2.45, 2.75) is 40.0 Å². The first-order valence-electron chi connectivity index (χ1n) is 7.29. The van der Waals surface area contributed by atoms with Crippen molar-refractivity contribution in [2.24, 2.45) is 5.92 Å². The van der Waals surface area contributed by atoms with Gasteiger partial charge in [0, 0.05) is 0 Å². The fourth-order valence-electron chi connectivity index (χ4n) is 3.32. The summed E-state index contributed by atoms with van der Waals surface area (Å²) in [5, 5.41) is 0. The van der Waals surface area contributed by atoms with E-state index in [0.29, 0.717) is 5.92 Å². The van der Waals surface area contributed by atoms with Gasteiger partial charge in [-0.3, -0.25) is 0 Å². The van der Waals surface area contributed by atoms with Gasteiger partial charge in [0.1, 0.15) is 0 Å². The number of benzene rings is 1. The van der Waals surface area contributed by atoms with Crippen LogP contribution in [0.4, 0.5) is 0 Å². The maximum atomic E-state index is 2.36. The van der Waals surface area contributed by atoms with Gasteiger partial charge in [-0.25, -0.2) is 0 Å². The highest BCUT2D eigenvalue weighted by molar-refractivity contribution is 5.67. The average Bonchev–Trinajstić information content (AvgIpc) is 2.99. The van der Waals surface area contributed by atoms with Crippen LogP contribution in [0.25, 0.3) is 6.08 Å². The van der Waals surface area contributed by atoms with Gasteiger partial charge in [0.05, 0.1) is 0 Å². The van der Waals surface area contributed by atoms with Gasteiger partial charge in [0.25, 0.3) is 0 Å². The average molecular weight is 250 g/mol.